The van der Waals surface area contributed by atoms with Crippen LogP contribution in [0.5, 0.6) is 0 Å². The average Bonchev–Trinajstić information content (AvgIpc) is 2.99. The summed E-state index contributed by atoms with van der Waals surface area (Å²) in [5, 5.41) is -0.682. The third kappa shape index (κ3) is 2.95. The molecule has 3 aliphatic rings. The maximum absolute atomic E-state index is 13.2. The van der Waals surface area contributed by atoms with E-state index in [-0.39, 0.29) is 25.2 Å². The van der Waals surface area contributed by atoms with Gasteiger partial charge in [0.15, 0.2) is 0 Å². The molecule has 5 unspecified atom stereocenters. The van der Waals surface area contributed by atoms with Gasteiger partial charge in [0.25, 0.3) is 20.2 Å². The molecule has 5 atom stereocenters. The Morgan fingerprint density at radius 3 is 2.42 bits per heavy atom. The van der Waals surface area contributed by atoms with Gasteiger partial charge in [-0.2, -0.15) is 25.6 Å². The fourth-order valence-corrected chi connectivity index (χ4v) is 6.79. The molecule has 2 bridgehead atoms. The number of halogens is 4. The van der Waals surface area contributed by atoms with Crippen LogP contribution in [0.3, 0.4) is 0 Å². The molecule has 2 aliphatic carbocycles. The molecular weight excluding hydrogens is 380 g/mol. The molecule has 12 heteroatoms. The zero-order chi connectivity index (χ0) is 18.1. The van der Waals surface area contributed by atoms with Crippen LogP contribution in [0.4, 0.5) is 17.6 Å². The monoisotopic (exact) mass is 396 g/mol. The molecule has 1 heterocycles. The van der Waals surface area contributed by atoms with E-state index >= 15 is 0 Å². The highest BCUT2D eigenvalue weighted by Gasteiger charge is 2.65. The Morgan fingerprint density at radius 2 is 1.83 bits per heavy atom. The number of hydrogen-bond acceptors (Lipinski definition) is 6. The van der Waals surface area contributed by atoms with Crippen LogP contribution in [-0.4, -0.2) is 51.9 Å². The second-order valence-corrected chi connectivity index (χ2v) is 10.2. The van der Waals surface area contributed by atoms with E-state index in [0.29, 0.717) is 6.42 Å². The van der Waals surface area contributed by atoms with Crippen molar-refractivity contribution in [3.05, 3.63) is 0 Å². The van der Waals surface area contributed by atoms with E-state index in [9.17, 15) is 34.4 Å². The highest BCUT2D eigenvalue weighted by atomic mass is 32.2. The molecule has 2 saturated carbocycles. The van der Waals surface area contributed by atoms with Gasteiger partial charge in [-0.05, 0) is 18.8 Å². The fourth-order valence-electron chi connectivity index (χ4n) is 3.70. The maximum atomic E-state index is 13.2. The first kappa shape index (κ1) is 18.3. The van der Waals surface area contributed by atoms with Crippen LogP contribution in [0.2, 0.25) is 0 Å². The number of hydrogen-bond donors (Lipinski definition) is 0. The smallest absolute Gasteiger partial charge is 0.264 e. The normalized spacial score (nSPS) is 38.0. The van der Waals surface area contributed by atoms with Crippen molar-refractivity contribution >= 4 is 20.2 Å². The van der Waals surface area contributed by atoms with Gasteiger partial charge in [0.1, 0.15) is 12.2 Å². The van der Waals surface area contributed by atoms with Crippen LogP contribution in [0.15, 0.2) is 0 Å². The standard InChI is InChI=1S/C12H16F4O6S2/c1-11(13,14)12(15,16)2-3-23(17,18)21-9-6-4-7-8(5-6)24(19,20)22-10(7)9/h6-10H,2-5H2,1H3. The third-order valence-corrected chi connectivity index (χ3v) is 7.97. The second kappa shape index (κ2) is 5.27. The van der Waals surface area contributed by atoms with E-state index in [2.05, 4.69) is 0 Å². The lowest BCUT2D eigenvalue weighted by atomic mass is 9.95. The Balaban J connectivity index is 1.67. The fraction of sp³-hybridized carbons (Fsp3) is 1.00. The number of alkyl halides is 4. The van der Waals surface area contributed by atoms with Gasteiger partial charge in [0.05, 0.1) is 11.0 Å². The van der Waals surface area contributed by atoms with E-state index in [1.54, 1.807) is 0 Å². The quantitative estimate of drug-likeness (QED) is 0.500. The van der Waals surface area contributed by atoms with Crippen LogP contribution in [0.25, 0.3) is 0 Å². The van der Waals surface area contributed by atoms with Gasteiger partial charge < -0.3 is 0 Å². The summed E-state index contributed by atoms with van der Waals surface area (Å²) < 4.78 is 109. The molecule has 1 saturated heterocycles. The molecule has 0 spiro atoms. The molecule has 1 aliphatic heterocycles. The van der Waals surface area contributed by atoms with Gasteiger partial charge in [-0.15, -0.1) is 0 Å². The van der Waals surface area contributed by atoms with Gasteiger partial charge in [-0.25, -0.2) is 8.78 Å². The minimum atomic E-state index is -4.53. The molecule has 0 radical (unpaired) electrons. The summed E-state index contributed by atoms with van der Waals surface area (Å²) in [6, 6.07) is 0. The van der Waals surface area contributed by atoms with E-state index in [1.807, 2.05) is 0 Å². The predicted molar refractivity (Wildman–Crippen MR) is 72.6 cm³/mol. The topological polar surface area (TPSA) is 86.7 Å². The molecule has 6 nitrogen and oxygen atoms in total. The second-order valence-electron chi connectivity index (χ2n) is 6.65. The third-order valence-electron chi connectivity index (χ3n) is 4.98. The van der Waals surface area contributed by atoms with Crippen molar-refractivity contribution in [3.63, 3.8) is 0 Å². The van der Waals surface area contributed by atoms with Gasteiger partial charge in [-0.1, -0.05) is 0 Å². The van der Waals surface area contributed by atoms with Crippen molar-refractivity contribution in [3.8, 4) is 0 Å². The zero-order valence-electron chi connectivity index (χ0n) is 12.5. The van der Waals surface area contributed by atoms with Crippen LogP contribution >= 0.6 is 0 Å². The van der Waals surface area contributed by atoms with Crippen LogP contribution in [-0.2, 0) is 28.6 Å². The lowest BCUT2D eigenvalue weighted by Crippen LogP contribution is -2.41. The molecule has 3 rings (SSSR count). The molecule has 24 heavy (non-hydrogen) atoms. The van der Waals surface area contributed by atoms with Crippen molar-refractivity contribution in [2.45, 2.75) is 55.5 Å². The summed E-state index contributed by atoms with van der Waals surface area (Å²) in [5.74, 6) is -10.9. The van der Waals surface area contributed by atoms with Crippen molar-refractivity contribution in [1.29, 1.82) is 0 Å². The van der Waals surface area contributed by atoms with E-state index in [1.165, 1.54) is 0 Å². The maximum Gasteiger partial charge on any atom is 0.311 e. The number of rotatable bonds is 6. The van der Waals surface area contributed by atoms with Crippen LogP contribution < -0.4 is 0 Å². The summed E-state index contributed by atoms with van der Waals surface area (Å²) in [5.41, 5.74) is 0. The lowest BCUT2D eigenvalue weighted by molar-refractivity contribution is -0.198. The Bertz CT molecular complexity index is 729. The van der Waals surface area contributed by atoms with Gasteiger partial charge in [0, 0.05) is 19.3 Å². The Morgan fingerprint density at radius 1 is 1.21 bits per heavy atom. The van der Waals surface area contributed by atoms with Gasteiger partial charge in [-0.3, -0.25) is 8.37 Å². The van der Waals surface area contributed by atoms with Crippen molar-refractivity contribution in [2.75, 3.05) is 5.75 Å². The summed E-state index contributed by atoms with van der Waals surface area (Å²) in [7, 11) is -8.30. The van der Waals surface area contributed by atoms with E-state index in [0.717, 1.165) is 0 Å². The minimum Gasteiger partial charge on any atom is -0.264 e. The first-order chi connectivity index (χ1) is 10.7. The summed E-state index contributed by atoms with van der Waals surface area (Å²) in [4.78, 5) is 0. The summed E-state index contributed by atoms with van der Waals surface area (Å²) in [6.07, 6.45) is -3.03. The Hall–Kier alpha value is -0.460. The van der Waals surface area contributed by atoms with Crippen molar-refractivity contribution in [1.82, 2.24) is 0 Å². The summed E-state index contributed by atoms with van der Waals surface area (Å²) in [6.45, 7) is 0.00771. The predicted octanol–water partition coefficient (Wildman–Crippen LogP) is 1.52. The average molecular weight is 396 g/mol. The largest absolute Gasteiger partial charge is 0.311 e. The molecule has 0 aromatic carbocycles. The van der Waals surface area contributed by atoms with E-state index < -0.39 is 61.7 Å². The van der Waals surface area contributed by atoms with Crippen molar-refractivity contribution < 1.29 is 42.8 Å². The van der Waals surface area contributed by atoms with Crippen LogP contribution in [0.1, 0.15) is 26.2 Å². The van der Waals surface area contributed by atoms with Gasteiger partial charge in [0.2, 0.25) is 0 Å². The molecule has 0 amide bonds. The highest BCUT2D eigenvalue weighted by molar-refractivity contribution is 7.87. The zero-order valence-corrected chi connectivity index (χ0v) is 14.1. The molecule has 140 valence electrons. The molecule has 0 aromatic rings. The molecule has 0 N–H and O–H groups in total. The molecular formula is C12H16F4O6S2. The SMILES string of the molecule is CC(F)(F)C(F)(F)CCS(=O)(=O)OC1C2CC3C1OS(=O)(=O)C3C2. The van der Waals surface area contributed by atoms with Crippen LogP contribution in [0, 0.1) is 11.8 Å². The molecule has 3 fully saturated rings. The minimum absolute atomic E-state index is 0.00771. The van der Waals surface area contributed by atoms with Gasteiger partial charge >= 0.3 is 11.8 Å². The number of fused-ring (bicyclic) bond motifs is 1. The molecule has 0 aromatic heterocycles. The first-order valence-corrected chi connectivity index (χ1v) is 10.4. The Kier molecular flexibility index (Phi) is 4.03. The van der Waals surface area contributed by atoms with E-state index in [4.69, 9.17) is 8.37 Å². The summed E-state index contributed by atoms with van der Waals surface area (Å²) >= 11 is 0. The van der Waals surface area contributed by atoms with Crippen molar-refractivity contribution in [2.24, 2.45) is 11.8 Å². The first-order valence-electron chi connectivity index (χ1n) is 7.32. The Labute approximate surface area is 136 Å². The lowest BCUT2D eigenvalue weighted by Gasteiger charge is -2.26. The highest BCUT2D eigenvalue weighted by Crippen LogP contribution is 2.55.